The molecule has 3 atom stereocenters. The predicted molar refractivity (Wildman–Crippen MR) is 84.5 cm³/mol. The van der Waals surface area contributed by atoms with Crippen LogP contribution >= 0.6 is 30.1 Å². The molecule has 0 fully saturated rings. The van der Waals surface area contributed by atoms with Gasteiger partial charge in [0.1, 0.15) is 0 Å². The Morgan fingerprint density at radius 2 is 2.06 bits per heavy atom. The topological polar surface area (TPSA) is 0 Å². The molecular formula is C15H15IS. The Morgan fingerprint density at radius 1 is 1.29 bits per heavy atom. The molecule has 0 amide bonds. The Kier molecular flexibility index (Phi) is 2.90. The molecule has 0 heterocycles. The van der Waals surface area contributed by atoms with Crippen molar-refractivity contribution in [3.05, 3.63) is 59.2 Å². The molecule has 0 radical (unpaired) electrons. The summed E-state index contributed by atoms with van der Waals surface area (Å²) in [6.45, 7) is 4.69. The van der Waals surface area contributed by atoms with Gasteiger partial charge in [0.15, 0.2) is 0 Å². The van der Waals surface area contributed by atoms with E-state index in [9.17, 15) is 0 Å². The molecule has 0 spiro atoms. The summed E-state index contributed by atoms with van der Waals surface area (Å²) < 4.78 is 0.154. The number of hydrogen-bond donors (Lipinski definition) is 0. The van der Waals surface area contributed by atoms with Gasteiger partial charge in [0.2, 0.25) is 0 Å². The van der Waals surface area contributed by atoms with Crippen LogP contribution in [0.4, 0.5) is 0 Å². The van der Waals surface area contributed by atoms with Crippen LogP contribution in [0, 0.1) is 5.92 Å². The highest BCUT2D eigenvalue weighted by Crippen LogP contribution is 2.60. The molecule has 2 heteroatoms. The van der Waals surface area contributed by atoms with Gasteiger partial charge in [-0.1, -0.05) is 58.4 Å². The largest absolute Gasteiger partial charge is 0.0808 e. The molecule has 2 aliphatic rings. The third-order valence-electron chi connectivity index (χ3n) is 4.07. The van der Waals surface area contributed by atoms with Crippen molar-refractivity contribution in [2.75, 3.05) is 0 Å². The van der Waals surface area contributed by atoms with Crippen molar-refractivity contribution in [1.82, 2.24) is 0 Å². The van der Waals surface area contributed by atoms with Crippen molar-refractivity contribution in [2.45, 2.75) is 24.5 Å². The smallest absolute Gasteiger partial charge is 0.0701 e. The third-order valence-corrected chi connectivity index (χ3v) is 7.47. The standard InChI is InChI=1S/C15H15IS/c1-10-6-5-9-13-14(10)11-7-3-4-8-12(11)15(13,2)17-16/h3-10,14H,1-2H3. The average Bonchev–Trinajstić information content (AvgIpc) is 2.63. The quantitative estimate of drug-likeness (QED) is 0.624. The van der Waals surface area contributed by atoms with E-state index < -0.39 is 0 Å². The average molecular weight is 354 g/mol. The molecule has 0 saturated heterocycles. The minimum atomic E-state index is 0.154. The van der Waals surface area contributed by atoms with E-state index in [0.29, 0.717) is 11.8 Å². The van der Waals surface area contributed by atoms with Crippen LogP contribution in [-0.2, 0) is 4.75 Å². The molecule has 0 saturated carbocycles. The molecule has 3 unspecified atom stereocenters. The van der Waals surface area contributed by atoms with Gasteiger partial charge in [-0.2, -0.15) is 0 Å². The van der Waals surface area contributed by atoms with Gasteiger partial charge in [-0.3, -0.25) is 0 Å². The van der Waals surface area contributed by atoms with E-state index >= 15 is 0 Å². The lowest BCUT2D eigenvalue weighted by Crippen LogP contribution is -2.18. The fourth-order valence-electron chi connectivity index (χ4n) is 3.18. The van der Waals surface area contributed by atoms with E-state index in [1.165, 1.54) is 11.1 Å². The molecule has 88 valence electrons. The molecule has 2 aliphatic carbocycles. The zero-order valence-corrected chi connectivity index (χ0v) is 13.0. The lowest BCUT2D eigenvalue weighted by molar-refractivity contribution is 0.599. The van der Waals surface area contributed by atoms with Crippen LogP contribution in [0.1, 0.15) is 30.9 Å². The minimum absolute atomic E-state index is 0.154. The summed E-state index contributed by atoms with van der Waals surface area (Å²) in [4.78, 5) is 0. The highest BCUT2D eigenvalue weighted by atomic mass is 127. The first kappa shape index (κ1) is 11.8. The molecule has 1 aromatic rings. The van der Waals surface area contributed by atoms with Gasteiger partial charge in [-0.15, -0.1) is 0 Å². The monoisotopic (exact) mass is 354 g/mol. The molecule has 1 aromatic carbocycles. The van der Waals surface area contributed by atoms with E-state index in [4.69, 9.17) is 0 Å². The first-order valence-electron chi connectivity index (χ1n) is 5.96. The van der Waals surface area contributed by atoms with Crippen LogP contribution in [0.5, 0.6) is 0 Å². The highest BCUT2D eigenvalue weighted by Gasteiger charge is 2.46. The van der Waals surface area contributed by atoms with Gasteiger partial charge < -0.3 is 0 Å². The lowest BCUT2D eigenvalue weighted by atomic mass is 9.81. The van der Waals surface area contributed by atoms with Crippen molar-refractivity contribution in [3.8, 4) is 0 Å². The summed E-state index contributed by atoms with van der Waals surface area (Å²) in [6, 6.07) is 8.94. The Balaban J connectivity index is 2.26. The normalized spacial score (nSPS) is 34.2. The van der Waals surface area contributed by atoms with E-state index in [2.05, 4.69) is 77.5 Å². The summed E-state index contributed by atoms with van der Waals surface area (Å²) in [6.07, 6.45) is 6.89. The molecule has 17 heavy (non-hydrogen) atoms. The summed E-state index contributed by atoms with van der Waals surface area (Å²) in [5.74, 6) is 1.20. The van der Waals surface area contributed by atoms with Crippen LogP contribution < -0.4 is 0 Å². The first-order valence-corrected chi connectivity index (χ1v) is 9.32. The van der Waals surface area contributed by atoms with E-state index in [-0.39, 0.29) is 4.75 Å². The molecule has 0 bridgehead atoms. The van der Waals surface area contributed by atoms with Crippen molar-refractivity contribution in [1.29, 1.82) is 0 Å². The lowest BCUT2D eigenvalue weighted by Gasteiger charge is -2.29. The Morgan fingerprint density at radius 3 is 2.82 bits per heavy atom. The fraction of sp³-hybridized carbons (Fsp3) is 0.333. The van der Waals surface area contributed by atoms with Crippen molar-refractivity contribution < 1.29 is 0 Å². The van der Waals surface area contributed by atoms with Crippen LogP contribution in [-0.4, -0.2) is 0 Å². The second-order valence-corrected chi connectivity index (χ2v) is 7.33. The fourth-order valence-corrected chi connectivity index (χ4v) is 5.21. The molecule has 3 rings (SSSR count). The number of rotatable bonds is 1. The zero-order chi connectivity index (χ0) is 12.0. The first-order chi connectivity index (χ1) is 8.18. The van der Waals surface area contributed by atoms with Crippen molar-refractivity contribution in [2.24, 2.45) is 5.92 Å². The number of fused-ring (bicyclic) bond motifs is 3. The predicted octanol–water partition coefficient (Wildman–Crippen LogP) is 5.21. The highest BCUT2D eigenvalue weighted by molar-refractivity contribution is 14.2. The SMILES string of the molecule is CC1C=CC=C2C1c1ccccc1C2(C)SI. The van der Waals surface area contributed by atoms with Gasteiger partial charge in [0.05, 0.1) is 4.75 Å². The van der Waals surface area contributed by atoms with Gasteiger partial charge in [0.25, 0.3) is 0 Å². The van der Waals surface area contributed by atoms with Gasteiger partial charge in [-0.05, 0) is 50.7 Å². The number of allylic oxidation sites excluding steroid dienone is 3. The van der Waals surface area contributed by atoms with Crippen LogP contribution in [0.2, 0.25) is 0 Å². The van der Waals surface area contributed by atoms with Crippen molar-refractivity contribution >= 4 is 30.1 Å². The Labute approximate surface area is 119 Å². The van der Waals surface area contributed by atoms with Gasteiger partial charge in [0, 0.05) is 5.92 Å². The van der Waals surface area contributed by atoms with E-state index in [1.54, 1.807) is 5.57 Å². The molecule has 0 N–H and O–H groups in total. The zero-order valence-electron chi connectivity index (χ0n) is 9.98. The number of hydrogen-bond acceptors (Lipinski definition) is 1. The molecule has 0 aromatic heterocycles. The summed E-state index contributed by atoms with van der Waals surface area (Å²) in [7, 11) is 1.93. The molecule has 0 nitrogen and oxygen atoms in total. The van der Waals surface area contributed by atoms with Crippen LogP contribution in [0.3, 0.4) is 0 Å². The van der Waals surface area contributed by atoms with E-state index in [0.717, 1.165) is 0 Å². The summed E-state index contributed by atoms with van der Waals surface area (Å²) >= 11 is 2.45. The van der Waals surface area contributed by atoms with Crippen LogP contribution in [0.15, 0.2) is 48.1 Å². The molecular weight excluding hydrogens is 339 g/mol. The maximum atomic E-state index is 2.45. The Hall–Kier alpha value is -0.220. The summed E-state index contributed by atoms with van der Waals surface area (Å²) in [5.41, 5.74) is 4.61. The second-order valence-electron chi connectivity index (χ2n) is 5.04. The maximum absolute atomic E-state index is 2.45. The van der Waals surface area contributed by atoms with Crippen molar-refractivity contribution in [3.63, 3.8) is 0 Å². The minimum Gasteiger partial charge on any atom is -0.0808 e. The maximum Gasteiger partial charge on any atom is 0.0701 e. The van der Waals surface area contributed by atoms with Crippen LogP contribution in [0.25, 0.3) is 0 Å². The Bertz CT molecular complexity index is 517. The number of benzene rings is 1. The third kappa shape index (κ3) is 1.56. The van der Waals surface area contributed by atoms with Gasteiger partial charge >= 0.3 is 0 Å². The second kappa shape index (κ2) is 4.16. The van der Waals surface area contributed by atoms with E-state index in [1.807, 2.05) is 8.93 Å². The number of halogens is 1. The molecule has 0 aliphatic heterocycles. The van der Waals surface area contributed by atoms with Gasteiger partial charge in [-0.25, -0.2) is 0 Å². The summed E-state index contributed by atoms with van der Waals surface area (Å²) in [5, 5.41) is 0.